The Morgan fingerprint density at radius 2 is 1.30 bits per heavy atom. The summed E-state index contributed by atoms with van der Waals surface area (Å²) in [6.45, 7) is -5.11. The maximum absolute atomic E-state index is 12.3. The van der Waals surface area contributed by atoms with Crippen LogP contribution in [-0.4, -0.2) is 104 Å². The first-order valence-electron chi connectivity index (χ1n) is 13.1. The Kier molecular flexibility index (Phi) is 8.13. The van der Waals surface area contributed by atoms with Gasteiger partial charge in [0.25, 0.3) is 11.1 Å². The van der Waals surface area contributed by atoms with E-state index in [1.165, 1.54) is 21.8 Å². The van der Waals surface area contributed by atoms with E-state index >= 15 is 0 Å². The molecule has 9 N–H and O–H groups in total. The third kappa shape index (κ3) is 5.71. The molecule has 3 fully saturated rings. The maximum Gasteiger partial charge on any atom is 0.325 e. The van der Waals surface area contributed by atoms with Gasteiger partial charge >= 0.3 is 6.72 Å². The molecule has 3 saturated heterocycles. The van der Waals surface area contributed by atoms with E-state index in [9.17, 15) is 24.7 Å². The Hall–Kier alpha value is -2.41. The van der Waals surface area contributed by atoms with E-state index in [1.54, 1.807) is 0 Å². The fourth-order valence-corrected chi connectivity index (χ4v) is 8.74. The molecular formula is C20H23N10O11P2S3-. The third-order valence-corrected chi connectivity index (χ3v) is 11.0. The summed E-state index contributed by atoms with van der Waals surface area (Å²) in [5.41, 5.74) is 6.40. The van der Waals surface area contributed by atoms with Crippen molar-refractivity contribution in [1.29, 1.82) is 0 Å². The highest BCUT2D eigenvalue weighted by atomic mass is 32.9. The summed E-state index contributed by atoms with van der Waals surface area (Å²) in [5, 5.41) is 22.6. The van der Waals surface area contributed by atoms with Gasteiger partial charge in [0.05, 0.1) is 31.6 Å². The molecule has 3 aliphatic rings. The van der Waals surface area contributed by atoms with Gasteiger partial charge in [-0.2, -0.15) is 9.97 Å². The number of hydrogen-bond donors (Lipinski definition) is 7. The minimum atomic E-state index is -4.18. The van der Waals surface area contributed by atoms with Gasteiger partial charge in [0, 0.05) is 0 Å². The molecule has 21 nitrogen and oxygen atoms in total. The van der Waals surface area contributed by atoms with Crippen LogP contribution in [-0.2, 0) is 63.4 Å². The van der Waals surface area contributed by atoms with Gasteiger partial charge in [-0.25, -0.2) is 9.97 Å². The second-order valence-corrected chi connectivity index (χ2v) is 18.0. The van der Waals surface area contributed by atoms with Crippen LogP contribution < -0.4 is 22.6 Å². The molecule has 3 aliphatic heterocycles. The number of nitrogen functional groups attached to an aromatic ring is 2. The number of anilines is 2. The van der Waals surface area contributed by atoms with Gasteiger partial charge in [0.2, 0.25) is 11.9 Å². The lowest BCUT2D eigenvalue weighted by Gasteiger charge is -2.36. The summed E-state index contributed by atoms with van der Waals surface area (Å²) >= 11 is 16.2. The summed E-state index contributed by atoms with van der Waals surface area (Å²) in [5.74, 6) is -0.397. The highest BCUT2D eigenvalue weighted by molar-refractivity contribution is 8.51. The second-order valence-electron chi connectivity index (χ2n) is 10.3. The average Bonchev–Trinajstić information content (AvgIpc) is 3.72. The quantitative estimate of drug-likeness (QED) is 0.0843. The number of H-pyrrole nitrogens is 2. The number of nitrogens with one attached hydrogen (secondary N) is 2. The van der Waals surface area contributed by atoms with E-state index in [2.05, 4.69) is 29.9 Å². The van der Waals surface area contributed by atoms with E-state index in [4.69, 9.17) is 74.9 Å². The number of aromatic nitrogens is 8. The summed E-state index contributed by atoms with van der Waals surface area (Å²) in [4.78, 5) is 56.5. The van der Waals surface area contributed by atoms with E-state index < -0.39 is 85.8 Å². The molecule has 0 radical (unpaired) electrons. The molecule has 4 aromatic rings. The van der Waals surface area contributed by atoms with Crippen LogP contribution in [0.1, 0.15) is 12.5 Å². The fraction of sp³-hybridized carbons (Fsp3) is 0.500. The molecule has 26 heteroatoms. The number of fused-ring (bicyclic) bond motifs is 4. The average molecular weight is 738 g/mol. The molecule has 4 aromatic heterocycles. The van der Waals surface area contributed by atoms with Crippen LogP contribution in [0.15, 0.2) is 22.2 Å². The van der Waals surface area contributed by atoms with Gasteiger partial charge in [-0.15, -0.1) is 0 Å². The lowest BCUT2D eigenvalue weighted by molar-refractivity contribution is -0.0561. The topological polar surface area (TPSA) is 295 Å². The van der Waals surface area contributed by atoms with Crippen molar-refractivity contribution in [1.82, 2.24) is 39.0 Å². The first kappa shape index (κ1) is 32.2. The van der Waals surface area contributed by atoms with Gasteiger partial charge in [-0.3, -0.25) is 33.2 Å². The van der Waals surface area contributed by atoms with Crippen molar-refractivity contribution in [2.45, 2.75) is 49.1 Å². The fourth-order valence-electron chi connectivity index (χ4n) is 5.38. The Morgan fingerprint density at radius 1 is 0.848 bits per heavy atom. The molecule has 10 atom stereocenters. The maximum atomic E-state index is 12.3. The highest BCUT2D eigenvalue weighted by Gasteiger charge is 2.51. The van der Waals surface area contributed by atoms with Gasteiger partial charge in [0.1, 0.15) is 36.6 Å². The number of rotatable bonds is 2. The first-order chi connectivity index (χ1) is 21.7. The lowest BCUT2D eigenvalue weighted by atomic mass is 10.1. The summed E-state index contributed by atoms with van der Waals surface area (Å²) in [6.07, 6.45) is -8.12. The predicted molar refractivity (Wildman–Crippen MR) is 165 cm³/mol. The summed E-state index contributed by atoms with van der Waals surface area (Å²) < 4.78 is 37.6. The van der Waals surface area contributed by atoms with Crippen molar-refractivity contribution in [2.75, 3.05) is 24.7 Å². The molecule has 4 unspecified atom stereocenters. The molecular weight excluding hydrogens is 714 g/mol. The van der Waals surface area contributed by atoms with Crippen LogP contribution >= 0.6 is 12.4 Å². The molecule has 0 saturated carbocycles. The molecule has 0 amide bonds. The van der Waals surface area contributed by atoms with Gasteiger partial charge in [-0.05, 0) is 11.8 Å². The highest BCUT2D eigenvalue weighted by Crippen LogP contribution is 2.54. The van der Waals surface area contributed by atoms with Crippen LogP contribution in [0.25, 0.3) is 22.3 Å². The number of aromatic amines is 2. The van der Waals surface area contributed by atoms with Gasteiger partial charge in [-0.1, -0.05) is 11.8 Å². The number of nitrogens with zero attached hydrogens (tertiary/aromatic N) is 6. The number of imidazole rings is 2. The Bertz CT molecular complexity index is 1910. The Balaban J connectivity index is 1.18. The normalized spacial score (nSPS) is 37.1. The molecule has 46 heavy (non-hydrogen) atoms. The number of nitrogens with two attached hydrogens (primary N) is 2. The standard InChI is InChI=1S/C20H24N10O11P2S3/c21-19-25-13-7(15(33)27-19)23-3-29(13)17-9(31)11-6(39-17)2-37-43(45,46)41-12-5(1-36-42(35,44)40-11)38-18(10(12)32)30-4-24-8-14(30)26-20(22)28-16(8)34/h3-6,9-12,17-18,31-32H,1-2H2,(H,35,44)(H,45,46)(H3,21,25,27,33)(H3,22,26,28,34)/p-1/t5-,6-,9?,10+,11+,12?,17-,18-,42?/m1/s1. The van der Waals surface area contributed by atoms with Crippen molar-refractivity contribution < 1.29 is 42.7 Å². The number of aliphatic hydroxyl groups excluding tert-OH is 2. The van der Waals surface area contributed by atoms with Crippen LogP contribution in [0.2, 0.25) is 0 Å². The molecule has 7 rings (SSSR count). The largest absolute Gasteiger partial charge is 0.691 e. The van der Waals surface area contributed by atoms with E-state index in [0.29, 0.717) is 0 Å². The first-order valence-corrected chi connectivity index (χ1v) is 19.4. The summed E-state index contributed by atoms with van der Waals surface area (Å²) in [6, 6.07) is 0. The molecule has 248 valence electrons. The van der Waals surface area contributed by atoms with Crippen LogP contribution in [0.4, 0.5) is 11.9 Å². The molecule has 0 spiro atoms. The summed E-state index contributed by atoms with van der Waals surface area (Å²) in [7, 11) is 0. The minimum absolute atomic E-state index is 0.00149. The van der Waals surface area contributed by atoms with Crippen molar-refractivity contribution in [3.63, 3.8) is 0 Å². The Labute approximate surface area is 270 Å². The zero-order valence-electron chi connectivity index (χ0n) is 22.8. The van der Waals surface area contributed by atoms with E-state index in [1.807, 2.05) is 0 Å². The lowest BCUT2D eigenvalue weighted by Crippen LogP contribution is -2.39. The third-order valence-electron chi connectivity index (χ3n) is 7.37. The van der Waals surface area contributed by atoms with Crippen LogP contribution in [0.5, 0.6) is 0 Å². The Morgan fingerprint density at radius 3 is 1.80 bits per heavy atom. The van der Waals surface area contributed by atoms with Crippen LogP contribution in [0, 0.1) is 0 Å². The zero-order valence-corrected chi connectivity index (χ0v) is 27.0. The predicted octanol–water partition coefficient (Wildman–Crippen LogP) is -2.26. The van der Waals surface area contributed by atoms with Gasteiger partial charge < -0.3 is 61.9 Å². The SMILES string of the molecule is Nc1nc2c(ncn2[C@@H]2O[C@@H]3COP(=S)([S-])OC4[C@@H](COP(O)(=S)O[C@@H]3C2O)O[C@@H](n2cnc3c(=O)[nH]c(N)nc32)[C@H]4O)c(=O)[nH]1. The van der Waals surface area contributed by atoms with Crippen LogP contribution in [0.3, 0.4) is 0 Å². The molecule has 0 aromatic carbocycles. The number of aliphatic hydroxyl groups is 2. The van der Waals surface area contributed by atoms with E-state index in [-0.39, 0.29) is 34.2 Å². The zero-order chi connectivity index (χ0) is 32.7. The smallest absolute Gasteiger partial charge is 0.325 e. The van der Waals surface area contributed by atoms with E-state index in [0.717, 1.165) is 0 Å². The number of hydrogen-bond acceptors (Lipinski definition) is 19. The minimum Gasteiger partial charge on any atom is -0.691 e. The number of ether oxygens (including phenoxy) is 2. The van der Waals surface area contributed by atoms with Crippen molar-refractivity contribution >= 4 is 82.5 Å². The molecule has 7 heterocycles. The van der Waals surface area contributed by atoms with Crippen molar-refractivity contribution in [3.8, 4) is 0 Å². The second kappa shape index (κ2) is 11.6. The van der Waals surface area contributed by atoms with Gasteiger partial charge in [0.15, 0.2) is 34.8 Å². The van der Waals surface area contributed by atoms with Crippen molar-refractivity contribution in [3.05, 3.63) is 33.4 Å². The monoisotopic (exact) mass is 737 g/mol. The molecule has 0 aliphatic carbocycles. The van der Waals surface area contributed by atoms with Crippen molar-refractivity contribution in [2.24, 2.45) is 0 Å². The molecule has 0 bridgehead atoms.